The maximum Gasteiger partial charge on any atom is 0.187 e. The molecule has 0 amide bonds. The third kappa shape index (κ3) is 2.53. The zero-order chi connectivity index (χ0) is 14.8. The van der Waals surface area contributed by atoms with Gasteiger partial charge in [-0.25, -0.2) is 0 Å². The molecule has 0 atom stereocenters. The molecule has 1 aromatic heterocycles. The van der Waals surface area contributed by atoms with Crippen LogP contribution in [0.3, 0.4) is 0 Å². The molecule has 0 radical (unpaired) electrons. The standard InChI is InChI=1S/C14H12ClN5O/c1-21-11-4-2-3-10(8-11)20-14(17-18-19-20)9-5-6-12(15)13(16)7-9/h2-8H,16H2,1H3. The van der Waals surface area contributed by atoms with Gasteiger partial charge in [0.25, 0.3) is 0 Å². The van der Waals surface area contributed by atoms with Crippen LogP contribution in [-0.4, -0.2) is 27.3 Å². The van der Waals surface area contributed by atoms with Crippen molar-refractivity contribution in [2.75, 3.05) is 12.8 Å². The fourth-order valence-corrected chi connectivity index (χ4v) is 2.08. The van der Waals surface area contributed by atoms with Crippen molar-refractivity contribution in [1.82, 2.24) is 20.2 Å². The van der Waals surface area contributed by atoms with Crippen molar-refractivity contribution < 1.29 is 4.74 Å². The van der Waals surface area contributed by atoms with Gasteiger partial charge in [-0.2, -0.15) is 4.68 Å². The van der Waals surface area contributed by atoms with Crippen molar-refractivity contribution in [3.05, 3.63) is 47.5 Å². The van der Waals surface area contributed by atoms with Gasteiger partial charge >= 0.3 is 0 Å². The normalized spacial score (nSPS) is 10.6. The van der Waals surface area contributed by atoms with Crippen LogP contribution < -0.4 is 10.5 Å². The molecule has 6 nitrogen and oxygen atoms in total. The van der Waals surface area contributed by atoms with Crippen LogP contribution in [0.5, 0.6) is 5.75 Å². The van der Waals surface area contributed by atoms with Gasteiger partial charge in [0, 0.05) is 11.6 Å². The Morgan fingerprint density at radius 3 is 2.81 bits per heavy atom. The summed E-state index contributed by atoms with van der Waals surface area (Å²) in [5.74, 6) is 1.30. The van der Waals surface area contributed by atoms with Crippen LogP contribution >= 0.6 is 11.6 Å². The molecule has 0 saturated heterocycles. The number of aromatic nitrogens is 4. The van der Waals surface area contributed by atoms with Gasteiger partial charge in [0.1, 0.15) is 5.75 Å². The molecule has 2 aromatic carbocycles. The van der Waals surface area contributed by atoms with Gasteiger partial charge < -0.3 is 10.5 Å². The summed E-state index contributed by atoms with van der Waals surface area (Å²) in [6, 6.07) is 12.7. The molecule has 0 aliphatic heterocycles. The lowest BCUT2D eigenvalue weighted by molar-refractivity contribution is 0.414. The van der Waals surface area contributed by atoms with Gasteiger partial charge in [-0.1, -0.05) is 17.7 Å². The number of nitrogen functional groups attached to an aromatic ring is 1. The number of nitrogens with two attached hydrogens (primary N) is 1. The molecule has 7 heteroatoms. The fourth-order valence-electron chi connectivity index (χ4n) is 1.97. The van der Waals surface area contributed by atoms with Gasteiger partial charge in [-0.3, -0.25) is 0 Å². The number of hydrogen-bond acceptors (Lipinski definition) is 5. The maximum absolute atomic E-state index is 5.94. The molecule has 2 N–H and O–H groups in total. The molecule has 3 rings (SSSR count). The number of tetrazole rings is 1. The Balaban J connectivity index is 2.09. The number of methoxy groups -OCH3 is 1. The average Bonchev–Trinajstić information content (AvgIpc) is 2.99. The van der Waals surface area contributed by atoms with Gasteiger partial charge in [0.15, 0.2) is 5.82 Å². The van der Waals surface area contributed by atoms with Crippen molar-refractivity contribution in [1.29, 1.82) is 0 Å². The molecule has 0 fully saturated rings. The summed E-state index contributed by atoms with van der Waals surface area (Å²) >= 11 is 5.94. The van der Waals surface area contributed by atoms with Crippen LogP contribution in [0.2, 0.25) is 5.02 Å². The number of rotatable bonds is 3. The highest BCUT2D eigenvalue weighted by atomic mass is 35.5. The molecule has 0 aliphatic rings. The Morgan fingerprint density at radius 2 is 2.05 bits per heavy atom. The van der Waals surface area contributed by atoms with Crippen LogP contribution in [-0.2, 0) is 0 Å². The minimum Gasteiger partial charge on any atom is -0.497 e. The second-order valence-electron chi connectivity index (χ2n) is 4.35. The lowest BCUT2D eigenvalue weighted by atomic mass is 10.2. The smallest absolute Gasteiger partial charge is 0.187 e. The minimum absolute atomic E-state index is 0.481. The number of hydrogen-bond donors (Lipinski definition) is 1. The Labute approximate surface area is 126 Å². The van der Waals surface area contributed by atoms with Gasteiger partial charge in [0.2, 0.25) is 0 Å². The predicted molar refractivity (Wildman–Crippen MR) is 80.6 cm³/mol. The monoisotopic (exact) mass is 301 g/mol. The van der Waals surface area contributed by atoms with Crippen molar-refractivity contribution in [3.63, 3.8) is 0 Å². The molecule has 0 saturated carbocycles. The minimum atomic E-state index is 0.481. The van der Waals surface area contributed by atoms with E-state index in [1.54, 1.807) is 23.9 Å². The zero-order valence-electron chi connectivity index (χ0n) is 11.2. The summed E-state index contributed by atoms with van der Waals surface area (Å²) in [6.07, 6.45) is 0. The van der Waals surface area contributed by atoms with Gasteiger partial charge in [-0.15, -0.1) is 5.10 Å². The fraction of sp³-hybridized carbons (Fsp3) is 0.0714. The first kappa shape index (κ1) is 13.4. The Morgan fingerprint density at radius 1 is 1.19 bits per heavy atom. The first-order chi connectivity index (χ1) is 10.2. The first-order valence-corrected chi connectivity index (χ1v) is 6.55. The molecule has 21 heavy (non-hydrogen) atoms. The van der Waals surface area contributed by atoms with E-state index in [4.69, 9.17) is 22.1 Å². The first-order valence-electron chi connectivity index (χ1n) is 6.17. The molecular weight excluding hydrogens is 290 g/mol. The zero-order valence-corrected chi connectivity index (χ0v) is 11.9. The van der Waals surface area contributed by atoms with E-state index < -0.39 is 0 Å². The Kier molecular flexibility index (Phi) is 3.45. The number of halogens is 1. The molecule has 0 bridgehead atoms. The van der Waals surface area contributed by atoms with Crippen molar-refractivity contribution in [2.45, 2.75) is 0 Å². The van der Waals surface area contributed by atoms with E-state index in [0.29, 0.717) is 16.5 Å². The highest BCUT2D eigenvalue weighted by Gasteiger charge is 2.12. The lowest BCUT2D eigenvalue weighted by Crippen LogP contribution is -2.00. The highest BCUT2D eigenvalue weighted by molar-refractivity contribution is 6.33. The van der Waals surface area contributed by atoms with Crippen LogP contribution in [0.15, 0.2) is 42.5 Å². The quantitative estimate of drug-likeness (QED) is 0.752. The van der Waals surface area contributed by atoms with Crippen molar-refractivity contribution in [2.24, 2.45) is 0 Å². The summed E-state index contributed by atoms with van der Waals surface area (Å²) in [5.41, 5.74) is 7.89. The Hall–Kier alpha value is -2.60. The SMILES string of the molecule is COc1cccc(-n2nnnc2-c2ccc(Cl)c(N)c2)c1. The van der Waals surface area contributed by atoms with E-state index in [-0.39, 0.29) is 0 Å². The maximum atomic E-state index is 5.94. The van der Waals surface area contributed by atoms with Crippen LogP contribution in [0, 0.1) is 0 Å². The van der Waals surface area contributed by atoms with E-state index in [1.165, 1.54) is 0 Å². The second-order valence-corrected chi connectivity index (χ2v) is 4.76. The van der Waals surface area contributed by atoms with E-state index in [0.717, 1.165) is 17.0 Å². The van der Waals surface area contributed by atoms with Crippen LogP contribution in [0.25, 0.3) is 17.1 Å². The van der Waals surface area contributed by atoms with E-state index in [9.17, 15) is 0 Å². The average molecular weight is 302 g/mol. The number of anilines is 1. The molecule has 0 spiro atoms. The highest BCUT2D eigenvalue weighted by Crippen LogP contribution is 2.27. The third-order valence-corrected chi connectivity index (χ3v) is 3.37. The van der Waals surface area contributed by atoms with E-state index >= 15 is 0 Å². The van der Waals surface area contributed by atoms with E-state index in [2.05, 4.69) is 15.5 Å². The van der Waals surface area contributed by atoms with Crippen LogP contribution in [0.4, 0.5) is 5.69 Å². The second kappa shape index (κ2) is 5.41. The molecule has 0 unspecified atom stereocenters. The molecule has 0 aliphatic carbocycles. The lowest BCUT2D eigenvalue weighted by Gasteiger charge is -2.07. The van der Waals surface area contributed by atoms with Crippen molar-refractivity contribution in [3.8, 4) is 22.8 Å². The number of ether oxygens (including phenoxy) is 1. The number of nitrogens with zero attached hydrogens (tertiary/aromatic N) is 4. The molecule has 3 aromatic rings. The van der Waals surface area contributed by atoms with E-state index in [1.807, 2.05) is 30.3 Å². The summed E-state index contributed by atoms with van der Waals surface area (Å²) in [5, 5.41) is 12.3. The summed E-state index contributed by atoms with van der Waals surface area (Å²) < 4.78 is 6.83. The summed E-state index contributed by atoms with van der Waals surface area (Å²) in [4.78, 5) is 0. The summed E-state index contributed by atoms with van der Waals surface area (Å²) in [6.45, 7) is 0. The van der Waals surface area contributed by atoms with Gasteiger partial charge in [-0.05, 0) is 40.8 Å². The largest absolute Gasteiger partial charge is 0.497 e. The predicted octanol–water partition coefficient (Wildman–Crippen LogP) is 2.57. The summed E-state index contributed by atoms with van der Waals surface area (Å²) in [7, 11) is 1.61. The molecule has 106 valence electrons. The topological polar surface area (TPSA) is 78.8 Å². The molecule has 1 heterocycles. The number of benzene rings is 2. The Bertz CT molecular complexity index is 787. The van der Waals surface area contributed by atoms with Gasteiger partial charge in [0.05, 0.1) is 23.5 Å². The van der Waals surface area contributed by atoms with Crippen molar-refractivity contribution >= 4 is 17.3 Å². The third-order valence-electron chi connectivity index (χ3n) is 3.02. The molecular formula is C14H12ClN5O. The van der Waals surface area contributed by atoms with Crippen LogP contribution in [0.1, 0.15) is 0 Å².